The Morgan fingerprint density at radius 1 is 1.45 bits per heavy atom. The molecule has 0 radical (unpaired) electrons. The lowest BCUT2D eigenvalue weighted by molar-refractivity contribution is -0.141. The molecule has 2 N–H and O–H groups in total. The number of aliphatic carboxylic acids is 1. The van der Waals surface area contributed by atoms with Crippen molar-refractivity contribution in [3.05, 3.63) is 21.3 Å². The molecule has 0 unspecified atom stereocenters. The number of thioether (sulfide) groups is 1. The van der Waals surface area contributed by atoms with Crippen molar-refractivity contribution < 1.29 is 14.7 Å². The molecule has 1 aliphatic rings. The fraction of sp³-hybridized carbons (Fsp3) is 0.538. The van der Waals surface area contributed by atoms with E-state index in [0.717, 1.165) is 21.4 Å². The van der Waals surface area contributed by atoms with Gasteiger partial charge in [-0.05, 0) is 31.4 Å². The van der Waals surface area contributed by atoms with Gasteiger partial charge in [0.2, 0.25) is 5.91 Å². The minimum atomic E-state index is -0.759. The zero-order valence-electron chi connectivity index (χ0n) is 10.8. The first-order valence-corrected chi connectivity index (χ1v) is 8.73. The molecule has 1 heterocycles. The third-order valence-corrected chi connectivity index (χ3v) is 5.65. The number of carboxylic acid groups (broad SMARTS) is 1. The van der Waals surface area contributed by atoms with E-state index in [0.29, 0.717) is 18.6 Å². The lowest BCUT2D eigenvalue weighted by Gasteiger charge is -2.12. The second-order valence-corrected chi connectivity index (χ2v) is 7.60. The molecule has 0 spiro atoms. The highest BCUT2D eigenvalue weighted by molar-refractivity contribution is 7.99. The highest BCUT2D eigenvalue weighted by Gasteiger charge is 2.30. The summed E-state index contributed by atoms with van der Waals surface area (Å²) in [6, 6.07) is 3.83. The summed E-state index contributed by atoms with van der Waals surface area (Å²) < 4.78 is 0.760. The van der Waals surface area contributed by atoms with Gasteiger partial charge in [0, 0.05) is 16.7 Å². The Morgan fingerprint density at radius 2 is 2.25 bits per heavy atom. The molecule has 1 saturated carbocycles. The molecular weight excluding hydrogens is 318 g/mol. The predicted octanol–water partition coefficient (Wildman–Crippen LogP) is 3.00. The quantitative estimate of drug-likeness (QED) is 0.839. The molecule has 1 amide bonds. The van der Waals surface area contributed by atoms with E-state index in [4.69, 9.17) is 16.7 Å². The highest BCUT2D eigenvalue weighted by atomic mass is 35.5. The molecule has 4 nitrogen and oxygen atoms in total. The van der Waals surface area contributed by atoms with Crippen LogP contribution in [0.4, 0.5) is 0 Å². The Balaban J connectivity index is 1.65. The summed E-state index contributed by atoms with van der Waals surface area (Å²) in [6.07, 6.45) is 1.96. The Hall–Kier alpha value is -0.720. The standard InChI is InChI=1S/C13H16ClNO3S2/c14-11-4-3-10(20-11)6-19-7-12(16)15-9-2-1-8(5-9)13(17)18/h3-4,8-9H,1-2,5-7H2,(H,15,16)(H,17,18)/t8-,9+/m1/s1. The number of carboxylic acids is 1. The highest BCUT2D eigenvalue weighted by Crippen LogP contribution is 2.27. The third kappa shape index (κ3) is 4.68. The van der Waals surface area contributed by atoms with Gasteiger partial charge in [-0.15, -0.1) is 23.1 Å². The van der Waals surface area contributed by atoms with E-state index in [1.54, 1.807) is 11.8 Å². The number of amides is 1. The van der Waals surface area contributed by atoms with Crippen molar-refractivity contribution in [3.8, 4) is 0 Å². The monoisotopic (exact) mass is 333 g/mol. The number of halogens is 1. The maximum Gasteiger partial charge on any atom is 0.306 e. The van der Waals surface area contributed by atoms with Crippen LogP contribution >= 0.6 is 34.7 Å². The van der Waals surface area contributed by atoms with Gasteiger partial charge in [-0.2, -0.15) is 0 Å². The Bertz CT molecular complexity index is 492. The van der Waals surface area contributed by atoms with Crippen molar-refractivity contribution in [3.63, 3.8) is 0 Å². The lowest BCUT2D eigenvalue weighted by Crippen LogP contribution is -2.34. The average molecular weight is 334 g/mol. The van der Waals surface area contributed by atoms with Gasteiger partial charge in [-0.25, -0.2) is 0 Å². The molecule has 7 heteroatoms. The topological polar surface area (TPSA) is 66.4 Å². The van der Waals surface area contributed by atoms with Crippen LogP contribution in [0.25, 0.3) is 0 Å². The van der Waals surface area contributed by atoms with Crippen LogP contribution in [0, 0.1) is 5.92 Å². The number of nitrogens with one attached hydrogen (secondary N) is 1. The Labute approximate surface area is 130 Å². The van der Waals surface area contributed by atoms with E-state index in [1.807, 2.05) is 12.1 Å². The Kier molecular flexibility index (Phi) is 5.74. The minimum absolute atomic E-state index is 0.0142. The number of carbonyl (C=O) groups is 2. The zero-order valence-corrected chi connectivity index (χ0v) is 13.2. The fourth-order valence-electron chi connectivity index (χ4n) is 2.28. The number of thiophene rings is 1. The van der Waals surface area contributed by atoms with Gasteiger partial charge in [-0.3, -0.25) is 9.59 Å². The molecule has 110 valence electrons. The molecule has 1 aromatic rings. The van der Waals surface area contributed by atoms with Gasteiger partial charge < -0.3 is 10.4 Å². The molecule has 20 heavy (non-hydrogen) atoms. The van der Waals surface area contributed by atoms with E-state index in [2.05, 4.69) is 5.32 Å². The van der Waals surface area contributed by atoms with Crippen LogP contribution in [-0.4, -0.2) is 28.8 Å². The first-order chi connectivity index (χ1) is 9.54. The zero-order chi connectivity index (χ0) is 14.5. The lowest BCUT2D eigenvalue weighted by atomic mass is 10.1. The average Bonchev–Trinajstić information content (AvgIpc) is 2.99. The fourth-order valence-corrected chi connectivity index (χ4v) is 4.32. The van der Waals surface area contributed by atoms with Crippen molar-refractivity contribution >= 4 is 46.6 Å². The van der Waals surface area contributed by atoms with Crippen molar-refractivity contribution in [1.82, 2.24) is 5.32 Å². The summed E-state index contributed by atoms with van der Waals surface area (Å²) in [7, 11) is 0. The molecule has 1 aromatic heterocycles. The predicted molar refractivity (Wildman–Crippen MR) is 82.4 cm³/mol. The maximum atomic E-state index is 11.8. The van der Waals surface area contributed by atoms with Crippen molar-refractivity contribution in [2.24, 2.45) is 5.92 Å². The molecular formula is C13H16ClNO3S2. The number of hydrogen-bond donors (Lipinski definition) is 2. The van der Waals surface area contributed by atoms with Crippen LogP contribution in [0.15, 0.2) is 12.1 Å². The summed E-state index contributed by atoms with van der Waals surface area (Å²) in [5.74, 6) is 0.0809. The van der Waals surface area contributed by atoms with Crippen molar-refractivity contribution in [1.29, 1.82) is 0 Å². The first-order valence-electron chi connectivity index (χ1n) is 6.38. The van der Waals surface area contributed by atoms with E-state index in [1.165, 1.54) is 11.3 Å². The minimum Gasteiger partial charge on any atom is -0.481 e. The molecule has 2 rings (SSSR count). The van der Waals surface area contributed by atoms with Gasteiger partial charge in [0.15, 0.2) is 0 Å². The van der Waals surface area contributed by atoms with Crippen LogP contribution in [0.2, 0.25) is 4.34 Å². The van der Waals surface area contributed by atoms with Crippen LogP contribution in [0.1, 0.15) is 24.1 Å². The molecule has 1 aliphatic carbocycles. The molecule has 0 saturated heterocycles. The summed E-state index contributed by atoms with van der Waals surface area (Å²) in [5.41, 5.74) is 0. The van der Waals surface area contributed by atoms with Gasteiger partial charge in [-0.1, -0.05) is 11.6 Å². The van der Waals surface area contributed by atoms with Crippen LogP contribution in [-0.2, 0) is 15.3 Å². The van der Waals surface area contributed by atoms with E-state index in [-0.39, 0.29) is 17.9 Å². The van der Waals surface area contributed by atoms with Crippen molar-refractivity contribution in [2.45, 2.75) is 31.1 Å². The Morgan fingerprint density at radius 3 is 2.85 bits per heavy atom. The summed E-state index contributed by atoms with van der Waals surface area (Å²) >= 11 is 8.90. The molecule has 1 fully saturated rings. The first kappa shape index (κ1) is 15.7. The van der Waals surface area contributed by atoms with Crippen molar-refractivity contribution in [2.75, 3.05) is 5.75 Å². The van der Waals surface area contributed by atoms with Gasteiger partial charge in [0.1, 0.15) is 0 Å². The van der Waals surface area contributed by atoms with Gasteiger partial charge in [0.05, 0.1) is 16.0 Å². The molecule has 2 atom stereocenters. The van der Waals surface area contributed by atoms with E-state index < -0.39 is 5.97 Å². The smallest absolute Gasteiger partial charge is 0.306 e. The maximum absolute atomic E-state index is 11.8. The van der Waals surface area contributed by atoms with Gasteiger partial charge in [0.25, 0.3) is 0 Å². The summed E-state index contributed by atoms with van der Waals surface area (Å²) in [5, 5.41) is 11.8. The molecule has 0 aromatic carbocycles. The molecule has 0 aliphatic heterocycles. The van der Waals surface area contributed by atoms with E-state index in [9.17, 15) is 9.59 Å². The summed E-state index contributed by atoms with van der Waals surface area (Å²) in [4.78, 5) is 23.8. The molecule has 0 bridgehead atoms. The van der Waals surface area contributed by atoms with Crippen LogP contribution in [0.5, 0.6) is 0 Å². The summed E-state index contributed by atoms with van der Waals surface area (Å²) in [6.45, 7) is 0. The van der Waals surface area contributed by atoms with Crippen LogP contribution in [0.3, 0.4) is 0 Å². The van der Waals surface area contributed by atoms with Crippen LogP contribution < -0.4 is 5.32 Å². The second kappa shape index (κ2) is 7.33. The number of carbonyl (C=O) groups excluding carboxylic acids is 1. The normalized spacial score (nSPS) is 21.9. The SMILES string of the molecule is O=C(CSCc1ccc(Cl)s1)N[C@H]1CC[C@@H](C(=O)O)C1. The largest absolute Gasteiger partial charge is 0.481 e. The number of hydrogen-bond acceptors (Lipinski definition) is 4. The van der Waals surface area contributed by atoms with E-state index >= 15 is 0 Å². The third-order valence-electron chi connectivity index (χ3n) is 3.25. The number of rotatable bonds is 6. The van der Waals surface area contributed by atoms with Gasteiger partial charge >= 0.3 is 5.97 Å². The second-order valence-electron chi connectivity index (χ2n) is 4.81.